The second-order valence-electron chi connectivity index (χ2n) is 8.16. The zero-order valence-corrected chi connectivity index (χ0v) is 22.6. The first-order chi connectivity index (χ1) is 17.9. The molecule has 1 atom stereocenters. The van der Waals surface area contributed by atoms with Gasteiger partial charge in [0.25, 0.3) is 0 Å². The predicted molar refractivity (Wildman–Crippen MR) is 141 cm³/mol. The molecule has 1 N–H and O–H groups in total. The summed E-state index contributed by atoms with van der Waals surface area (Å²) in [7, 11) is 2.97. The minimum absolute atomic E-state index is 0.0778. The summed E-state index contributed by atoms with van der Waals surface area (Å²) in [6.07, 6.45) is 2.84. The Kier molecular flexibility index (Phi) is 10.4. The van der Waals surface area contributed by atoms with Crippen molar-refractivity contribution in [1.82, 2.24) is 5.32 Å². The van der Waals surface area contributed by atoms with Crippen molar-refractivity contribution in [3.8, 4) is 28.4 Å². The summed E-state index contributed by atoms with van der Waals surface area (Å²) in [6.45, 7) is 4.12. The lowest BCUT2D eigenvalue weighted by atomic mass is 9.95. The molecule has 0 aromatic heterocycles. The predicted octanol–water partition coefficient (Wildman–Crippen LogP) is 3.53. The molecule has 0 unspecified atom stereocenters. The van der Waals surface area contributed by atoms with Gasteiger partial charge in [-0.25, -0.2) is 4.79 Å². The number of benzene rings is 1. The van der Waals surface area contributed by atoms with E-state index < -0.39 is 12.0 Å². The Morgan fingerprint density at radius 3 is 2.38 bits per heavy atom. The first-order valence-electron chi connectivity index (χ1n) is 12.0. The van der Waals surface area contributed by atoms with Crippen LogP contribution in [0.4, 0.5) is 0 Å². The van der Waals surface area contributed by atoms with Gasteiger partial charge in [0.15, 0.2) is 16.9 Å². The van der Waals surface area contributed by atoms with E-state index in [4.69, 9.17) is 23.7 Å². The number of fused-ring (bicyclic) bond motifs is 3. The third-order valence-corrected chi connectivity index (χ3v) is 6.70. The lowest BCUT2D eigenvalue weighted by molar-refractivity contribution is -0.139. The SMILES string of the molecule is CCOCC(=O)N[C@H]1CCc2cc(OC(=O)COCC)c(OC)c(OC)c2-c2ccc(SC)c(=O)cc21. The van der Waals surface area contributed by atoms with Crippen LogP contribution in [0.5, 0.6) is 17.2 Å². The number of thioether (sulfide) groups is 1. The Morgan fingerprint density at radius 2 is 1.73 bits per heavy atom. The summed E-state index contributed by atoms with van der Waals surface area (Å²) >= 11 is 1.35. The van der Waals surface area contributed by atoms with Gasteiger partial charge in [0.2, 0.25) is 11.7 Å². The summed E-state index contributed by atoms with van der Waals surface area (Å²) < 4.78 is 27.4. The minimum Gasteiger partial charge on any atom is -0.492 e. The van der Waals surface area contributed by atoms with Crippen LogP contribution >= 0.6 is 11.8 Å². The summed E-state index contributed by atoms with van der Waals surface area (Å²) in [5, 5.41) is 3.02. The van der Waals surface area contributed by atoms with Crippen LogP contribution in [0.2, 0.25) is 0 Å². The zero-order valence-electron chi connectivity index (χ0n) is 21.8. The number of nitrogens with one attached hydrogen (secondary N) is 1. The Morgan fingerprint density at radius 1 is 1.03 bits per heavy atom. The van der Waals surface area contributed by atoms with E-state index in [-0.39, 0.29) is 36.0 Å². The first kappa shape index (κ1) is 28.5. The van der Waals surface area contributed by atoms with E-state index in [1.165, 1.54) is 26.0 Å². The highest BCUT2D eigenvalue weighted by atomic mass is 32.2. The molecule has 0 bridgehead atoms. The van der Waals surface area contributed by atoms with Gasteiger partial charge in [0.05, 0.1) is 25.2 Å². The summed E-state index contributed by atoms with van der Waals surface area (Å²) in [5.74, 6) is -0.0223. The van der Waals surface area contributed by atoms with Crippen molar-refractivity contribution >= 4 is 23.6 Å². The molecule has 0 heterocycles. The standard InChI is InChI=1S/C27H33NO8S/c1-6-34-14-23(30)28-19-10-8-16-12-21(36-24(31)15-35-7-2)26(32-3)27(33-4)25(16)17-9-11-22(37-5)20(29)13-18(17)19/h9,11-13,19H,6-8,10,14-15H2,1-5H3,(H,28,30)/t19-/m0/s1. The fourth-order valence-corrected chi connectivity index (χ4v) is 4.77. The molecule has 0 aliphatic heterocycles. The van der Waals surface area contributed by atoms with Gasteiger partial charge in [0.1, 0.15) is 13.2 Å². The highest BCUT2D eigenvalue weighted by molar-refractivity contribution is 7.98. The summed E-state index contributed by atoms with van der Waals surface area (Å²) in [6, 6.07) is 6.49. The number of amides is 1. The lowest BCUT2D eigenvalue weighted by Crippen LogP contribution is -2.32. The van der Waals surface area contributed by atoms with Gasteiger partial charge in [-0.1, -0.05) is 6.07 Å². The number of hydrogen-bond donors (Lipinski definition) is 1. The van der Waals surface area contributed by atoms with Crippen LogP contribution in [0, 0.1) is 0 Å². The highest BCUT2D eigenvalue weighted by Gasteiger charge is 2.30. The monoisotopic (exact) mass is 531 g/mol. The number of carbonyl (C=O) groups excluding carboxylic acids is 2. The second kappa shape index (κ2) is 13.5. The van der Waals surface area contributed by atoms with E-state index in [9.17, 15) is 14.4 Å². The number of methoxy groups -OCH3 is 2. The van der Waals surface area contributed by atoms with E-state index >= 15 is 0 Å². The molecule has 2 aromatic carbocycles. The molecule has 0 saturated heterocycles. The van der Waals surface area contributed by atoms with Crippen LogP contribution in [-0.2, 0) is 25.5 Å². The molecule has 0 radical (unpaired) electrons. The fourth-order valence-electron chi connectivity index (χ4n) is 4.31. The normalized spacial score (nSPS) is 14.1. The van der Waals surface area contributed by atoms with Crippen molar-refractivity contribution in [2.75, 3.05) is 46.9 Å². The molecule has 9 nitrogen and oxygen atoms in total. The Hall–Kier alpha value is -3.08. The molecule has 1 aliphatic carbocycles. The van der Waals surface area contributed by atoms with Gasteiger partial charge in [0, 0.05) is 18.8 Å². The van der Waals surface area contributed by atoms with Crippen LogP contribution in [0.15, 0.2) is 34.0 Å². The lowest BCUT2D eigenvalue weighted by Gasteiger charge is -2.20. The van der Waals surface area contributed by atoms with E-state index in [1.807, 2.05) is 19.2 Å². The molecule has 1 amide bonds. The maximum atomic E-state index is 13.0. The molecule has 2 aromatic rings. The van der Waals surface area contributed by atoms with Crippen molar-refractivity contribution < 1.29 is 33.3 Å². The quantitative estimate of drug-likeness (QED) is 0.265. The molecule has 1 aliphatic rings. The molecule has 37 heavy (non-hydrogen) atoms. The summed E-state index contributed by atoms with van der Waals surface area (Å²) in [4.78, 5) is 38.5. The molecule has 0 spiro atoms. The van der Waals surface area contributed by atoms with Crippen molar-refractivity contribution in [3.05, 3.63) is 45.6 Å². The Bertz CT molecular complexity index is 1200. The number of rotatable bonds is 11. The van der Waals surface area contributed by atoms with Gasteiger partial charge >= 0.3 is 5.97 Å². The molecule has 0 saturated carbocycles. The number of esters is 1. The van der Waals surface area contributed by atoms with E-state index in [0.717, 1.165) is 5.56 Å². The number of hydrogen-bond acceptors (Lipinski definition) is 9. The van der Waals surface area contributed by atoms with Gasteiger partial charge < -0.3 is 29.0 Å². The average Bonchev–Trinajstić information content (AvgIpc) is 3.13. The highest BCUT2D eigenvalue weighted by Crippen LogP contribution is 2.50. The van der Waals surface area contributed by atoms with Crippen molar-refractivity contribution in [1.29, 1.82) is 0 Å². The number of aryl methyl sites for hydroxylation is 1. The smallest absolute Gasteiger partial charge is 0.337 e. The molecule has 0 fully saturated rings. The van der Waals surface area contributed by atoms with Gasteiger partial charge in [-0.2, -0.15) is 0 Å². The van der Waals surface area contributed by atoms with Crippen LogP contribution in [0.3, 0.4) is 0 Å². The largest absolute Gasteiger partial charge is 0.492 e. The fraction of sp³-hybridized carbons (Fsp3) is 0.444. The van der Waals surface area contributed by atoms with E-state index in [1.54, 1.807) is 25.1 Å². The number of carbonyl (C=O) groups is 2. The van der Waals surface area contributed by atoms with Crippen molar-refractivity contribution in [2.24, 2.45) is 0 Å². The topological polar surface area (TPSA) is 109 Å². The van der Waals surface area contributed by atoms with E-state index in [0.29, 0.717) is 53.4 Å². The van der Waals surface area contributed by atoms with Crippen molar-refractivity contribution in [2.45, 2.75) is 37.6 Å². The molecule has 3 rings (SSSR count). The molecular weight excluding hydrogens is 498 g/mol. The third-order valence-electron chi connectivity index (χ3n) is 5.92. The first-order valence-corrected chi connectivity index (χ1v) is 13.3. The maximum Gasteiger partial charge on any atom is 0.337 e. The van der Waals surface area contributed by atoms with Crippen LogP contribution in [0.25, 0.3) is 11.1 Å². The van der Waals surface area contributed by atoms with E-state index in [2.05, 4.69) is 5.32 Å². The summed E-state index contributed by atoms with van der Waals surface area (Å²) in [5.41, 5.74) is 2.77. The Labute approximate surface area is 220 Å². The van der Waals surface area contributed by atoms with Crippen molar-refractivity contribution in [3.63, 3.8) is 0 Å². The van der Waals surface area contributed by atoms with Crippen LogP contribution < -0.4 is 25.0 Å². The van der Waals surface area contributed by atoms with Gasteiger partial charge in [-0.05, 0) is 67.8 Å². The maximum absolute atomic E-state index is 13.0. The third kappa shape index (κ3) is 6.63. The minimum atomic E-state index is -0.566. The molecule has 10 heteroatoms. The van der Waals surface area contributed by atoms with Crippen LogP contribution in [-0.4, -0.2) is 58.8 Å². The van der Waals surface area contributed by atoms with Crippen LogP contribution in [0.1, 0.15) is 37.4 Å². The van der Waals surface area contributed by atoms with Gasteiger partial charge in [-0.3, -0.25) is 9.59 Å². The second-order valence-corrected chi connectivity index (χ2v) is 9.01. The molecular formula is C27H33NO8S. The average molecular weight is 532 g/mol. The number of ether oxygens (including phenoxy) is 5. The molecule has 200 valence electrons. The van der Waals surface area contributed by atoms with Gasteiger partial charge in [-0.15, -0.1) is 11.8 Å². The Balaban J connectivity index is 2.22. The zero-order chi connectivity index (χ0) is 26.9.